The molecule has 154 valence electrons. The summed E-state index contributed by atoms with van der Waals surface area (Å²) < 4.78 is 32.4. The molecule has 0 saturated heterocycles. The Morgan fingerprint density at radius 3 is 2.17 bits per heavy atom. The summed E-state index contributed by atoms with van der Waals surface area (Å²) in [5.74, 6) is -1.07. The third-order valence-corrected chi connectivity index (χ3v) is 5.95. The van der Waals surface area contributed by atoms with Crippen molar-refractivity contribution in [3.8, 4) is 0 Å². The van der Waals surface area contributed by atoms with Gasteiger partial charge in [0.05, 0.1) is 10.5 Å². The molecule has 2 N–H and O–H groups in total. The third kappa shape index (κ3) is 5.65. The first-order valence-electron chi connectivity index (χ1n) is 9.45. The van der Waals surface area contributed by atoms with Crippen LogP contribution in [0.3, 0.4) is 0 Å². The second kappa shape index (κ2) is 8.75. The Labute approximate surface area is 170 Å². The van der Waals surface area contributed by atoms with Gasteiger partial charge >= 0.3 is 5.97 Å². The Balaban J connectivity index is 1.76. The topological polar surface area (TPSA) is 102 Å². The fraction of sp³-hybridized carbons (Fsp3) is 0.333. The Hall–Kier alpha value is -2.71. The quantitative estimate of drug-likeness (QED) is 0.644. The van der Waals surface area contributed by atoms with Crippen LogP contribution in [0.25, 0.3) is 0 Å². The van der Waals surface area contributed by atoms with Crippen LogP contribution in [-0.4, -0.2) is 32.4 Å². The largest absolute Gasteiger partial charge is 0.444 e. The van der Waals surface area contributed by atoms with Gasteiger partial charge in [-0.05, 0) is 51.0 Å². The van der Waals surface area contributed by atoms with E-state index in [2.05, 4.69) is 10.0 Å². The number of hydrogen-bond acceptors (Lipinski definition) is 5. The number of hydrogen-bond donors (Lipinski definition) is 2. The van der Waals surface area contributed by atoms with E-state index in [1.165, 1.54) is 24.3 Å². The molecule has 0 radical (unpaired) electrons. The van der Waals surface area contributed by atoms with E-state index in [-0.39, 0.29) is 28.4 Å². The highest BCUT2D eigenvalue weighted by Gasteiger charge is 2.31. The lowest BCUT2D eigenvalue weighted by Crippen LogP contribution is -2.33. The van der Waals surface area contributed by atoms with Crippen molar-refractivity contribution in [3.63, 3.8) is 0 Å². The van der Waals surface area contributed by atoms with Crippen molar-refractivity contribution < 1.29 is 22.7 Å². The molecule has 1 fully saturated rings. The SMILES string of the molecule is CC(C)NS(=O)(=O)c1ccc(C(=O)OC(C(=O)NC2CC2)c2ccccc2)cc1. The van der Waals surface area contributed by atoms with Gasteiger partial charge in [-0.2, -0.15) is 0 Å². The molecule has 2 aromatic rings. The van der Waals surface area contributed by atoms with E-state index in [1.807, 2.05) is 6.07 Å². The number of benzene rings is 2. The maximum atomic E-state index is 12.6. The first kappa shape index (κ1) is 21.0. The number of nitrogens with one attached hydrogen (secondary N) is 2. The van der Waals surface area contributed by atoms with Crippen LogP contribution in [0, 0.1) is 0 Å². The lowest BCUT2D eigenvalue weighted by Gasteiger charge is -2.18. The highest BCUT2D eigenvalue weighted by molar-refractivity contribution is 7.89. The van der Waals surface area contributed by atoms with Gasteiger partial charge in [-0.1, -0.05) is 30.3 Å². The van der Waals surface area contributed by atoms with E-state index in [0.29, 0.717) is 5.56 Å². The van der Waals surface area contributed by atoms with Crippen molar-refractivity contribution in [1.82, 2.24) is 10.0 Å². The average Bonchev–Trinajstić information content (AvgIpc) is 3.49. The van der Waals surface area contributed by atoms with Gasteiger partial charge in [-0.3, -0.25) is 4.79 Å². The van der Waals surface area contributed by atoms with Crippen LogP contribution in [0.4, 0.5) is 0 Å². The minimum Gasteiger partial charge on any atom is -0.444 e. The fourth-order valence-electron chi connectivity index (χ4n) is 2.73. The summed E-state index contributed by atoms with van der Waals surface area (Å²) in [6.45, 7) is 3.44. The van der Waals surface area contributed by atoms with Crippen molar-refractivity contribution in [2.24, 2.45) is 0 Å². The molecule has 1 atom stereocenters. The van der Waals surface area contributed by atoms with Gasteiger partial charge in [0.25, 0.3) is 5.91 Å². The van der Waals surface area contributed by atoms with Crippen LogP contribution in [0.5, 0.6) is 0 Å². The minimum absolute atomic E-state index is 0.0498. The predicted molar refractivity (Wildman–Crippen MR) is 108 cm³/mol. The van der Waals surface area contributed by atoms with E-state index in [9.17, 15) is 18.0 Å². The zero-order chi connectivity index (χ0) is 21.0. The number of esters is 1. The third-order valence-electron chi connectivity index (χ3n) is 4.28. The summed E-state index contributed by atoms with van der Waals surface area (Å²) in [7, 11) is -3.65. The van der Waals surface area contributed by atoms with Gasteiger partial charge in [0.2, 0.25) is 16.1 Å². The molecule has 1 aliphatic carbocycles. The molecule has 0 heterocycles. The zero-order valence-electron chi connectivity index (χ0n) is 16.3. The van der Waals surface area contributed by atoms with Crippen LogP contribution in [-0.2, 0) is 19.6 Å². The summed E-state index contributed by atoms with van der Waals surface area (Å²) in [6, 6.07) is 14.1. The second-order valence-electron chi connectivity index (χ2n) is 7.28. The van der Waals surface area contributed by atoms with E-state index in [1.54, 1.807) is 38.1 Å². The molecule has 7 nitrogen and oxygen atoms in total. The first-order valence-corrected chi connectivity index (χ1v) is 10.9. The summed E-state index contributed by atoms with van der Waals surface area (Å²) in [5, 5.41) is 2.85. The number of sulfonamides is 1. The molecule has 2 aromatic carbocycles. The maximum absolute atomic E-state index is 12.6. The van der Waals surface area contributed by atoms with Crippen LogP contribution in [0.15, 0.2) is 59.5 Å². The summed E-state index contributed by atoms with van der Waals surface area (Å²) in [5.41, 5.74) is 0.730. The Kier molecular flexibility index (Phi) is 6.34. The van der Waals surface area contributed by atoms with Gasteiger partial charge in [0.15, 0.2) is 0 Å². The van der Waals surface area contributed by atoms with Crippen LogP contribution in [0.2, 0.25) is 0 Å². The van der Waals surface area contributed by atoms with E-state index in [4.69, 9.17) is 4.74 Å². The van der Waals surface area contributed by atoms with Gasteiger partial charge in [-0.25, -0.2) is 17.9 Å². The number of carbonyl (C=O) groups is 2. The number of amides is 1. The van der Waals surface area contributed by atoms with Gasteiger partial charge < -0.3 is 10.1 Å². The maximum Gasteiger partial charge on any atom is 0.339 e. The summed E-state index contributed by atoms with van der Waals surface area (Å²) >= 11 is 0. The van der Waals surface area contributed by atoms with Crippen molar-refractivity contribution in [1.29, 1.82) is 0 Å². The number of rotatable bonds is 8. The van der Waals surface area contributed by atoms with Crippen molar-refractivity contribution in [2.75, 3.05) is 0 Å². The molecule has 0 bridgehead atoms. The van der Waals surface area contributed by atoms with Gasteiger partial charge in [0, 0.05) is 17.6 Å². The van der Waals surface area contributed by atoms with Crippen molar-refractivity contribution in [2.45, 2.75) is 49.8 Å². The highest BCUT2D eigenvalue weighted by Crippen LogP contribution is 2.24. The predicted octanol–water partition coefficient (Wildman–Crippen LogP) is 2.55. The number of carbonyl (C=O) groups excluding carboxylic acids is 2. The Morgan fingerprint density at radius 2 is 1.62 bits per heavy atom. The van der Waals surface area contributed by atoms with Crippen LogP contribution < -0.4 is 10.0 Å². The molecule has 1 amide bonds. The van der Waals surface area contributed by atoms with Crippen molar-refractivity contribution >= 4 is 21.9 Å². The van der Waals surface area contributed by atoms with Gasteiger partial charge in [-0.15, -0.1) is 0 Å². The average molecular weight is 416 g/mol. The number of ether oxygens (including phenoxy) is 1. The normalized spacial score (nSPS) is 15.0. The van der Waals surface area contributed by atoms with E-state index < -0.39 is 22.1 Å². The molecule has 29 heavy (non-hydrogen) atoms. The van der Waals surface area contributed by atoms with Crippen LogP contribution >= 0.6 is 0 Å². The fourth-order valence-corrected chi connectivity index (χ4v) is 3.98. The molecule has 1 unspecified atom stereocenters. The van der Waals surface area contributed by atoms with Crippen molar-refractivity contribution in [3.05, 3.63) is 65.7 Å². The molecular formula is C21H24N2O5S. The van der Waals surface area contributed by atoms with Gasteiger partial charge in [0.1, 0.15) is 0 Å². The van der Waals surface area contributed by atoms with Crippen LogP contribution in [0.1, 0.15) is 48.7 Å². The summed E-state index contributed by atoms with van der Waals surface area (Å²) in [6.07, 6.45) is 0.763. The smallest absolute Gasteiger partial charge is 0.339 e. The molecule has 0 spiro atoms. The molecule has 1 aliphatic rings. The lowest BCUT2D eigenvalue weighted by molar-refractivity contribution is -0.130. The van der Waals surface area contributed by atoms with E-state index >= 15 is 0 Å². The summed E-state index contributed by atoms with van der Waals surface area (Å²) in [4.78, 5) is 25.2. The molecule has 3 rings (SSSR count). The monoisotopic (exact) mass is 416 g/mol. The molecule has 0 aliphatic heterocycles. The molecular weight excluding hydrogens is 392 g/mol. The molecule has 1 saturated carbocycles. The highest BCUT2D eigenvalue weighted by atomic mass is 32.2. The minimum atomic E-state index is -3.65. The molecule has 0 aromatic heterocycles. The lowest BCUT2D eigenvalue weighted by atomic mass is 10.1. The van der Waals surface area contributed by atoms with E-state index in [0.717, 1.165) is 12.8 Å². The second-order valence-corrected chi connectivity index (χ2v) is 8.99. The zero-order valence-corrected chi connectivity index (χ0v) is 17.1. The first-order chi connectivity index (χ1) is 13.8. The Bertz CT molecular complexity index is 968. The Morgan fingerprint density at radius 1 is 1.00 bits per heavy atom. The molecule has 8 heteroatoms. The standard InChI is InChI=1S/C21H24N2O5S/c1-14(2)23-29(26,27)18-12-8-16(9-13-18)21(25)28-19(15-6-4-3-5-7-15)20(24)22-17-10-11-17/h3-9,12-14,17,19,23H,10-11H2,1-2H3,(H,22,24).